The number of benzene rings is 2. The maximum absolute atomic E-state index is 12.7. The number of rotatable bonds is 5. The molecule has 1 aliphatic rings. The Labute approximate surface area is 164 Å². The molecule has 0 saturated carbocycles. The smallest absolute Gasteiger partial charge is 0.253 e. The fourth-order valence-corrected chi connectivity index (χ4v) is 4.23. The van der Waals surface area contributed by atoms with Gasteiger partial charge in [-0.25, -0.2) is 0 Å². The van der Waals surface area contributed by atoms with Crippen LogP contribution in [0.25, 0.3) is 0 Å². The molecule has 0 bridgehead atoms. The Morgan fingerprint density at radius 3 is 2.35 bits per heavy atom. The molecule has 1 aliphatic heterocycles. The molecule has 0 aliphatic carbocycles. The summed E-state index contributed by atoms with van der Waals surface area (Å²) < 4.78 is 0. The van der Waals surface area contributed by atoms with Crippen molar-refractivity contribution in [3.8, 4) is 0 Å². The molecule has 5 heteroatoms. The maximum Gasteiger partial charge on any atom is 0.253 e. The summed E-state index contributed by atoms with van der Waals surface area (Å²) in [5.74, 6) is 1.53. The van der Waals surface area contributed by atoms with Crippen molar-refractivity contribution < 1.29 is 4.79 Å². The molecule has 0 spiro atoms. The molecule has 1 fully saturated rings. The van der Waals surface area contributed by atoms with E-state index >= 15 is 0 Å². The van der Waals surface area contributed by atoms with Gasteiger partial charge in [-0.15, -0.1) is 11.8 Å². The second-order valence-electron chi connectivity index (χ2n) is 6.93. The van der Waals surface area contributed by atoms with Gasteiger partial charge in [-0.3, -0.25) is 4.79 Å². The number of nitrogens with two attached hydrogens (primary N) is 1. The number of carbonyl (C=O) groups excluding carboxylic acids is 1. The van der Waals surface area contributed by atoms with Crippen LogP contribution in [-0.4, -0.2) is 29.9 Å². The molecule has 26 heavy (non-hydrogen) atoms. The monoisotopic (exact) mass is 388 g/mol. The summed E-state index contributed by atoms with van der Waals surface area (Å²) in [6, 6.07) is 16.0. The molecule has 3 nitrogen and oxygen atoms in total. The third kappa shape index (κ3) is 5.03. The Morgan fingerprint density at radius 1 is 1.15 bits per heavy atom. The normalized spacial score (nSPS) is 16.5. The molecule has 1 unspecified atom stereocenters. The topological polar surface area (TPSA) is 46.3 Å². The van der Waals surface area contributed by atoms with Gasteiger partial charge in [-0.1, -0.05) is 23.7 Å². The van der Waals surface area contributed by atoms with Gasteiger partial charge in [0.15, 0.2) is 0 Å². The van der Waals surface area contributed by atoms with E-state index in [0.717, 1.165) is 42.3 Å². The van der Waals surface area contributed by atoms with Crippen LogP contribution in [0.3, 0.4) is 0 Å². The van der Waals surface area contributed by atoms with Gasteiger partial charge >= 0.3 is 0 Å². The molecule has 0 radical (unpaired) electrons. The Balaban J connectivity index is 1.54. The number of nitrogens with zero attached hydrogens (tertiary/aromatic N) is 1. The van der Waals surface area contributed by atoms with Gasteiger partial charge in [-0.2, -0.15) is 0 Å². The first kappa shape index (κ1) is 19.3. The second kappa shape index (κ2) is 8.94. The molecular weight excluding hydrogens is 364 g/mol. The third-order valence-electron chi connectivity index (χ3n) is 4.99. The SMILES string of the molecule is CC(N)C1CCN(C(=O)c2ccc(CSc3ccc(Cl)cc3)cc2)CC1. The summed E-state index contributed by atoms with van der Waals surface area (Å²) in [6.07, 6.45) is 2.00. The third-order valence-corrected chi connectivity index (χ3v) is 6.33. The molecule has 1 amide bonds. The average Bonchev–Trinajstić information content (AvgIpc) is 2.67. The highest BCUT2D eigenvalue weighted by Crippen LogP contribution is 2.25. The molecule has 2 aromatic rings. The summed E-state index contributed by atoms with van der Waals surface area (Å²) in [5, 5.41) is 0.752. The zero-order chi connectivity index (χ0) is 18.5. The lowest BCUT2D eigenvalue weighted by molar-refractivity contribution is 0.0681. The molecule has 2 aromatic carbocycles. The van der Waals surface area contributed by atoms with E-state index in [9.17, 15) is 4.79 Å². The fraction of sp³-hybridized carbons (Fsp3) is 0.381. The van der Waals surface area contributed by atoms with Gasteiger partial charge in [0.1, 0.15) is 0 Å². The number of hydrogen-bond donors (Lipinski definition) is 1. The van der Waals surface area contributed by atoms with Crippen molar-refractivity contribution in [2.45, 2.75) is 36.5 Å². The van der Waals surface area contributed by atoms with Crippen LogP contribution in [0, 0.1) is 5.92 Å². The zero-order valence-electron chi connectivity index (χ0n) is 15.0. The quantitative estimate of drug-likeness (QED) is 0.746. The van der Waals surface area contributed by atoms with Crippen LogP contribution in [0.15, 0.2) is 53.4 Å². The van der Waals surface area contributed by atoms with Crippen LogP contribution in [0.4, 0.5) is 0 Å². The van der Waals surface area contributed by atoms with E-state index in [1.165, 1.54) is 10.5 Å². The lowest BCUT2D eigenvalue weighted by atomic mass is 9.90. The van der Waals surface area contributed by atoms with E-state index in [-0.39, 0.29) is 11.9 Å². The number of hydrogen-bond acceptors (Lipinski definition) is 3. The van der Waals surface area contributed by atoms with Gasteiger partial charge in [0, 0.05) is 40.4 Å². The van der Waals surface area contributed by atoms with E-state index in [2.05, 4.69) is 6.92 Å². The number of halogens is 1. The maximum atomic E-state index is 12.7. The van der Waals surface area contributed by atoms with E-state index in [0.29, 0.717) is 5.92 Å². The van der Waals surface area contributed by atoms with Crippen molar-refractivity contribution in [3.63, 3.8) is 0 Å². The summed E-state index contributed by atoms with van der Waals surface area (Å²) in [5.41, 5.74) is 7.96. The standard InChI is InChI=1S/C21H25ClN2OS/c1-15(23)17-10-12-24(13-11-17)21(25)18-4-2-16(3-5-18)14-26-20-8-6-19(22)7-9-20/h2-9,15,17H,10-14,23H2,1H3. The minimum absolute atomic E-state index is 0.130. The van der Waals surface area contributed by atoms with Gasteiger partial charge in [0.05, 0.1) is 0 Å². The van der Waals surface area contributed by atoms with E-state index in [1.807, 2.05) is 53.4 Å². The number of amides is 1. The van der Waals surface area contributed by atoms with Gasteiger partial charge < -0.3 is 10.6 Å². The second-order valence-corrected chi connectivity index (χ2v) is 8.41. The lowest BCUT2D eigenvalue weighted by Crippen LogP contribution is -2.42. The van der Waals surface area contributed by atoms with Crippen molar-refractivity contribution in [2.75, 3.05) is 13.1 Å². The van der Waals surface area contributed by atoms with Crippen molar-refractivity contribution >= 4 is 29.3 Å². The van der Waals surface area contributed by atoms with Crippen molar-refractivity contribution in [3.05, 3.63) is 64.7 Å². The molecular formula is C21H25ClN2OS. The lowest BCUT2D eigenvalue weighted by Gasteiger charge is -2.33. The Kier molecular flexibility index (Phi) is 6.63. The number of thioether (sulfide) groups is 1. The minimum Gasteiger partial charge on any atom is -0.339 e. The van der Waals surface area contributed by atoms with Gasteiger partial charge in [-0.05, 0) is 67.6 Å². The summed E-state index contributed by atoms with van der Waals surface area (Å²) in [7, 11) is 0. The Bertz CT molecular complexity index is 723. The Hall–Kier alpha value is -1.49. The van der Waals surface area contributed by atoms with Crippen LogP contribution >= 0.6 is 23.4 Å². The largest absolute Gasteiger partial charge is 0.339 e. The van der Waals surface area contributed by atoms with Crippen molar-refractivity contribution in [1.82, 2.24) is 4.90 Å². The molecule has 2 N–H and O–H groups in total. The molecule has 1 heterocycles. The van der Waals surface area contributed by atoms with Gasteiger partial charge in [0.2, 0.25) is 0 Å². The van der Waals surface area contributed by atoms with Crippen LogP contribution in [0.2, 0.25) is 5.02 Å². The predicted molar refractivity (Wildman–Crippen MR) is 110 cm³/mol. The van der Waals surface area contributed by atoms with Crippen molar-refractivity contribution in [1.29, 1.82) is 0 Å². The highest BCUT2D eigenvalue weighted by Gasteiger charge is 2.25. The average molecular weight is 389 g/mol. The first-order chi connectivity index (χ1) is 12.5. The summed E-state index contributed by atoms with van der Waals surface area (Å²) in [4.78, 5) is 15.8. The minimum atomic E-state index is 0.130. The van der Waals surface area contributed by atoms with Crippen LogP contribution < -0.4 is 5.73 Å². The summed E-state index contributed by atoms with van der Waals surface area (Å²) >= 11 is 7.67. The Morgan fingerprint density at radius 2 is 1.77 bits per heavy atom. The summed E-state index contributed by atoms with van der Waals surface area (Å²) in [6.45, 7) is 3.67. The van der Waals surface area contributed by atoms with Crippen molar-refractivity contribution in [2.24, 2.45) is 11.7 Å². The highest BCUT2D eigenvalue weighted by atomic mass is 35.5. The van der Waals surface area contributed by atoms with E-state index in [1.54, 1.807) is 11.8 Å². The van der Waals surface area contributed by atoms with Crippen LogP contribution in [0.1, 0.15) is 35.7 Å². The fourth-order valence-electron chi connectivity index (χ4n) is 3.25. The van der Waals surface area contributed by atoms with Crippen LogP contribution in [-0.2, 0) is 5.75 Å². The molecule has 138 valence electrons. The number of piperidine rings is 1. The van der Waals surface area contributed by atoms with Gasteiger partial charge in [0.25, 0.3) is 5.91 Å². The first-order valence-corrected chi connectivity index (χ1v) is 10.4. The van der Waals surface area contributed by atoms with E-state index < -0.39 is 0 Å². The molecule has 1 saturated heterocycles. The molecule has 0 aromatic heterocycles. The number of likely N-dealkylation sites (tertiary alicyclic amines) is 1. The number of carbonyl (C=O) groups is 1. The first-order valence-electron chi connectivity index (χ1n) is 9.05. The molecule has 1 atom stereocenters. The zero-order valence-corrected chi connectivity index (χ0v) is 16.6. The van der Waals surface area contributed by atoms with Crippen LogP contribution in [0.5, 0.6) is 0 Å². The highest BCUT2D eigenvalue weighted by molar-refractivity contribution is 7.98. The van der Waals surface area contributed by atoms with E-state index in [4.69, 9.17) is 17.3 Å². The molecule has 3 rings (SSSR count). The predicted octanol–water partition coefficient (Wildman–Crippen LogP) is 4.83.